The fourth-order valence-corrected chi connectivity index (χ4v) is 5.69. The number of ether oxygens (including phenoxy) is 1. The van der Waals surface area contributed by atoms with E-state index in [0.717, 1.165) is 18.1 Å². The first kappa shape index (κ1) is 21.7. The summed E-state index contributed by atoms with van der Waals surface area (Å²) in [6.45, 7) is 2.80. The summed E-state index contributed by atoms with van der Waals surface area (Å²) in [7, 11) is 0. The van der Waals surface area contributed by atoms with Gasteiger partial charge in [0.25, 0.3) is 0 Å². The van der Waals surface area contributed by atoms with Gasteiger partial charge in [0.05, 0.1) is 0 Å². The van der Waals surface area contributed by atoms with Crippen LogP contribution < -0.4 is 21.8 Å². The van der Waals surface area contributed by atoms with Crippen molar-refractivity contribution in [3.05, 3.63) is 64.0 Å². The second kappa shape index (κ2) is 10.2. The van der Waals surface area contributed by atoms with Crippen molar-refractivity contribution in [3.8, 4) is 5.75 Å². The molecular weight excluding hydrogens is 404 g/mol. The highest BCUT2D eigenvalue weighted by molar-refractivity contribution is 7.17. The van der Waals surface area contributed by atoms with Gasteiger partial charge in [0.1, 0.15) is 18.2 Å². The smallest absolute Gasteiger partial charge is 0.136 e. The number of thiophene rings is 1. The topological polar surface area (TPSA) is 85.7 Å². The van der Waals surface area contributed by atoms with Gasteiger partial charge in [0, 0.05) is 11.1 Å². The molecule has 0 bridgehead atoms. The van der Waals surface area contributed by atoms with Crippen molar-refractivity contribution < 1.29 is 4.74 Å². The number of hydrogen-bond donors (Lipinski definition) is 3. The molecule has 1 fully saturated rings. The third-order valence-corrected chi connectivity index (χ3v) is 7.45. The van der Waals surface area contributed by atoms with Crippen LogP contribution in [0.25, 0.3) is 10.1 Å². The van der Waals surface area contributed by atoms with E-state index < -0.39 is 0 Å². The van der Waals surface area contributed by atoms with Gasteiger partial charge in [0.15, 0.2) is 0 Å². The molecule has 0 radical (unpaired) electrons. The lowest BCUT2D eigenvalue weighted by Crippen LogP contribution is -2.31. The molecule has 164 valence electrons. The molecule has 1 saturated carbocycles. The summed E-state index contributed by atoms with van der Waals surface area (Å²) in [6, 6.07) is 12.8. The summed E-state index contributed by atoms with van der Waals surface area (Å²) in [6.07, 6.45) is 8.28. The van der Waals surface area contributed by atoms with Crippen molar-refractivity contribution >= 4 is 27.3 Å². The highest BCUT2D eigenvalue weighted by Crippen LogP contribution is 2.40. The highest BCUT2D eigenvalue weighted by Gasteiger charge is 2.19. The molecule has 0 atom stereocenters. The number of fused-ring (bicyclic) bond motifs is 1. The van der Waals surface area contributed by atoms with Crippen LogP contribution in [0.4, 0.5) is 0 Å². The van der Waals surface area contributed by atoms with E-state index in [9.17, 15) is 0 Å². The van der Waals surface area contributed by atoms with Crippen LogP contribution in [-0.4, -0.2) is 5.84 Å². The summed E-state index contributed by atoms with van der Waals surface area (Å²) in [5.74, 6) is 12.9. The van der Waals surface area contributed by atoms with Crippen molar-refractivity contribution in [3.63, 3.8) is 0 Å². The number of amidine groups is 1. The molecule has 2 aromatic carbocycles. The standard InChI is InChI=1S/C25H32N4OS/c1-17-13-19(14-22-23(16-31-25(17)22)20-5-3-2-4-6-20)15-30-21-10-7-18(8-11-21)9-12-24(28-26)29-27/h7-8,10-11,13-14,16,20H,2-6,9,12,15,26-27H2,1H3,(H,28,29). The lowest BCUT2D eigenvalue weighted by atomic mass is 9.83. The first-order chi connectivity index (χ1) is 15.2. The van der Waals surface area contributed by atoms with Gasteiger partial charge in [-0.2, -0.15) is 5.10 Å². The third-order valence-electron chi connectivity index (χ3n) is 6.30. The van der Waals surface area contributed by atoms with Crippen LogP contribution in [0, 0.1) is 6.92 Å². The van der Waals surface area contributed by atoms with Crippen LogP contribution in [-0.2, 0) is 13.0 Å². The van der Waals surface area contributed by atoms with Gasteiger partial charge < -0.3 is 16.0 Å². The zero-order valence-corrected chi connectivity index (χ0v) is 19.0. The van der Waals surface area contributed by atoms with Crippen molar-refractivity contribution in [2.45, 2.75) is 64.4 Å². The molecule has 1 aliphatic carbocycles. The maximum Gasteiger partial charge on any atom is 0.136 e. The monoisotopic (exact) mass is 436 g/mol. The molecule has 0 aliphatic heterocycles. The Hall–Kier alpha value is -2.57. The maximum atomic E-state index is 6.11. The Bertz CT molecular complexity index is 1040. The van der Waals surface area contributed by atoms with E-state index in [-0.39, 0.29) is 0 Å². The van der Waals surface area contributed by atoms with E-state index in [0.29, 0.717) is 18.9 Å². The fraction of sp³-hybridized carbons (Fsp3) is 0.400. The average molecular weight is 437 g/mol. The third kappa shape index (κ3) is 5.20. The van der Waals surface area contributed by atoms with E-state index >= 15 is 0 Å². The Kier molecular flexibility index (Phi) is 7.10. The Morgan fingerprint density at radius 1 is 1.13 bits per heavy atom. The molecule has 5 nitrogen and oxygen atoms in total. The van der Waals surface area contributed by atoms with Crippen molar-refractivity contribution in [1.82, 2.24) is 5.43 Å². The van der Waals surface area contributed by atoms with Crippen molar-refractivity contribution in [2.75, 3.05) is 0 Å². The number of rotatable bonds is 7. The fourth-order valence-electron chi connectivity index (χ4n) is 4.57. The maximum absolute atomic E-state index is 6.11. The molecule has 1 aliphatic rings. The number of nitrogens with one attached hydrogen (secondary N) is 1. The van der Waals surface area contributed by atoms with Crippen LogP contribution >= 0.6 is 11.3 Å². The van der Waals surface area contributed by atoms with Crippen LogP contribution in [0.5, 0.6) is 5.75 Å². The summed E-state index contributed by atoms with van der Waals surface area (Å²) in [4.78, 5) is 0. The van der Waals surface area contributed by atoms with Crippen LogP contribution in [0.1, 0.15) is 66.7 Å². The molecule has 5 N–H and O–H groups in total. The molecule has 0 spiro atoms. The van der Waals surface area contributed by atoms with Crippen LogP contribution in [0.2, 0.25) is 0 Å². The quantitative estimate of drug-likeness (QED) is 0.197. The molecule has 4 rings (SSSR count). The first-order valence-electron chi connectivity index (χ1n) is 11.1. The van der Waals surface area contributed by atoms with Gasteiger partial charge in [-0.1, -0.05) is 37.5 Å². The SMILES string of the molecule is Cc1cc(COc2ccc(CC/C(=N/N)NN)cc2)cc2c(C3CCCCC3)csc12. The number of aryl methyl sites for hydroxylation is 2. The van der Waals surface area contributed by atoms with Gasteiger partial charge in [0.2, 0.25) is 0 Å². The summed E-state index contributed by atoms with van der Waals surface area (Å²) in [5.41, 5.74) is 7.85. The van der Waals surface area contributed by atoms with Gasteiger partial charge >= 0.3 is 0 Å². The van der Waals surface area contributed by atoms with E-state index in [1.54, 1.807) is 5.56 Å². The van der Waals surface area contributed by atoms with E-state index in [2.05, 4.69) is 47.1 Å². The minimum Gasteiger partial charge on any atom is -0.489 e. The summed E-state index contributed by atoms with van der Waals surface area (Å²) >= 11 is 1.90. The Morgan fingerprint density at radius 3 is 2.61 bits per heavy atom. The minimum atomic E-state index is 0.581. The molecule has 0 amide bonds. The van der Waals surface area contributed by atoms with Gasteiger partial charge in [-0.3, -0.25) is 0 Å². The number of hydrogen-bond acceptors (Lipinski definition) is 5. The predicted octanol–water partition coefficient (Wildman–Crippen LogP) is 5.50. The Labute approximate surface area is 188 Å². The lowest BCUT2D eigenvalue weighted by Gasteiger charge is -2.21. The number of hydrazone groups is 1. The van der Waals surface area contributed by atoms with Gasteiger partial charge in [-0.25, -0.2) is 5.84 Å². The average Bonchev–Trinajstić information content (AvgIpc) is 3.24. The molecule has 0 saturated heterocycles. The largest absolute Gasteiger partial charge is 0.489 e. The molecular formula is C25H32N4OS. The number of benzene rings is 2. The number of hydrazine groups is 1. The second-order valence-electron chi connectivity index (χ2n) is 8.47. The Balaban J connectivity index is 1.42. The van der Waals surface area contributed by atoms with Crippen molar-refractivity contribution in [1.29, 1.82) is 0 Å². The molecule has 31 heavy (non-hydrogen) atoms. The van der Waals surface area contributed by atoms with E-state index in [1.807, 2.05) is 23.5 Å². The van der Waals surface area contributed by atoms with Crippen LogP contribution in [0.3, 0.4) is 0 Å². The first-order valence-corrected chi connectivity index (χ1v) is 12.0. The van der Waals surface area contributed by atoms with E-state index in [1.165, 1.54) is 58.9 Å². The second-order valence-corrected chi connectivity index (χ2v) is 9.35. The highest BCUT2D eigenvalue weighted by atomic mass is 32.1. The molecule has 3 aromatic rings. The minimum absolute atomic E-state index is 0.581. The lowest BCUT2D eigenvalue weighted by molar-refractivity contribution is 0.306. The molecule has 0 unspecified atom stereocenters. The zero-order valence-electron chi connectivity index (χ0n) is 18.2. The molecule has 1 heterocycles. The zero-order chi connectivity index (χ0) is 21.6. The molecule has 1 aromatic heterocycles. The predicted molar refractivity (Wildman–Crippen MR) is 130 cm³/mol. The number of nitrogens with two attached hydrogens (primary N) is 2. The summed E-state index contributed by atoms with van der Waals surface area (Å²) in [5, 5.41) is 7.46. The normalized spacial score (nSPS) is 15.4. The van der Waals surface area contributed by atoms with Gasteiger partial charge in [-0.05, 0) is 83.3 Å². The van der Waals surface area contributed by atoms with E-state index in [4.69, 9.17) is 16.4 Å². The number of nitrogens with zero attached hydrogens (tertiary/aromatic N) is 1. The Morgan fingerprint density at radius 2 is 1.90 bits per heavy atom. The van der Waals surface area contributed by atoms with Crippen LogP contribution in [0.15, 0.2) is 46.9 Å². The van der Waals surface area contributed by atoms with Gasteiger partial charge in [-0.15, -0.1) is 11.3 Å². The summed E-state index contributed by atoms with van der Waals surface area (Å²) < 4.78 is 7.54. The molecule has 6 heteroatoms. The van der Waals surface area contributed by atoms with Crippen molar-refractivity contribution in [2.24, 2.45) is 16.8 Å².